The summed E-state index contributed by atoms with van der Waals surface area (Å²) in [7, 11) is 0. The molecule has 0 atom stereocenters. The highest BCUT2D eigenvalue weighted by molar-refractivity contribution is 5.25. The van der Waals surface area contributed by atoms with Crippen LogP contribution in [-0.4, -0.2) is 23.1 Å². The molecule has 0 saturated carbocycles. The van der Waals surface area contributed by atoms with E-state index in [1.165, 1.54) is 12.8 Å². The molecule has 0 spiro atoms. The minimum atomic E-state index is 0.336. The molecule has 120 valence electrons. The van der Waals surface area contributed by atoms with Gasteiger partial charge in [0.1, 0.15) is 5.82 Å². The zero-order valence-electron chi connectivity index (χ0n) is 14.3. The molecule has 0 aromatic carbocycles. The van der Waals surface area contributed by atoms with E-state index in [1.54, 1.807) is 0 Å². The van der Waals surface area contributed by atoms with Crippen LogP contribution < -0.4 is 10.1 Å². The molecule has 0 fully saturated rings. The fraction of sp³-hybridized carbons (Fsp3) is 0.765. The molecule has 1 N–H and O–H groups in total. The van der Waals surface area contributed by atoms with E-state index in [0.29, 0.717) is 11.8 Å². The molecule has 0 radical (unpaired) electrons. The number of nitrogens with one attached hydrogen (secondary N) is 1. The summed E-state index contributed by atoms with van der Waals surface area (Å²) in [6.45, 7) is 13.3. The number of rotatable bonds is 10. The Balaban J connectivity index is 2.69. The van der Waals surface area contributed by atoms with Crippen LogP contribution in [0.25, 0.3) is 0 Å². The third kappa shape index (κ3) is 6.89. The van der Waals surface area contributed by atoms with Crippen molar-refractivity contribution in [1.29, 1.82) is 0 Å². The van der Waals surface area contributed by atoms with E-state index in [1.807, 2.05) is 6.20 Å². The third-order valence-electron chi connectivity index (χ3n) is 3.21. The zero-order valence-corrected chi connectivity index (χ0v) is 14.3. The summed E-state index contributed by atoms with van der Waals surface area (Å²) in [5.41, 5.74) is 0.978. The number of hydrogen-bond acceptors (Lipinski definition) is 4. The second-order valence-corrected chi connectivity index (χ2v) is 6.27. The van der Waals surface area contributed by atoms with Crippen molar-refractivity contribution in [3.63, 3.8) is 0 Å². The number of aromatic nitrogens is 2. The van der Waals surface area contributed by atoms with Crippen LogP contribution in [0.3, 0.4) is 0 Å². The topological polar surface area (TPSA) is 47.0 Å². The van der Waals surface area contributed by atoms with Gasteiger partial charge in [-0.15, -0.1) is 0 Å². The summed E-state index contributed by atoms with van der Waals surface area (Å²) in [4.78, 5) is 9.09. The van der Waals surface area contributed by atoms with Crippen LogP contribution >= 0.6 is 0 Å². The first-order valence-corrected chi connectivity index (χ1v) is 8.23. The molecular formula is C17H31N3O. The lowest BCUT2D eigenvalue weighted by Crippen LogP contribution is -2.21. The molecule has 0 aliphatic carbocycles. The normalized spacial score (nSPS) is 11.4. The highest BCUT2D eigenvalue weighted by Crippen LogP contribution is 2.19. The zero-order chi connectivity index (χ0) is 15.7. The van der Waals surface area contributed by atoms with Gasteiger partial charge in [0.15, 0.2) is 5.75 Å². The van der Waals surface area contributed by atoms with Gasteiger partial charge in [-0.05, 0) is 18.9 Å². The smallest absolute Gasteiger partial charge is 0.160 e. The van der Waals surface area contributed by atoms with Gasteiger partial charge in [0.25, 0.3) is 0 Å². The molecule has 1 heterocycles. The molecule has 4 heteroatoms. The first-order chi connectivity index (χ1) is 10.0. The molecule has 0 unspecified atom stereocenters. The Kier molecular flexibility index (Phi) is 8.28. The maximum absolute atomic E-state index is 5.87. The van der Waals surface area contributed by atoms with E-state index < -0.39 is 0 Å². The summed E-state index contributed by atoms with van der Waals surface area (Å²) in [6, 6.07) is 0. The van der Waals surface area contributed by atoms with Crippen LogP contribution in [0, 0.1) is 5.92 Å². The molecule has 0 bridgehead atoms. The van der Waals surface area contributed by atoms with Gasteiger partial charge in [-0.2, -0.15) is 0 Å². The first-order valence-electron chi connectivity index (χ1n) is 8.23. The number of hydrogen-bond donors (Lipinski definition) is 1. The van der Waals surface area contributed by atoms with Crippen LogP contribution in [0.4, 0.5) is 0 Å². The Morgan fingerprint density at radius 1 is 1.19 bits per heavy atom. The van der Waals surface area contributed by atoms with Gasteiger partial charge < -0.3 is 10.1 Å². The Morgan fingerprint density at radius 3 is 2.57 bits per heavy atom. The molecular weight excluding hydrogens is 262 g/mol. The minimum Gasteiger partial charge on any atom is -0.490 e. The lowest BCUT2D eigenvalue weighted by molar-refractivity contribution is 0.298. The Morgan fingerprint density at radius 2 is 1.95 bits per heavy atom. The van der Waals surface area contributed by atoms with Gasteiger partial charge in [0.05, 0.1) is 18.5 Å². The average Bonchev–Trinajstić information content (AvgIpc) is 2.44. The van der Waals surface area contributed by atoms with Crippen molar-refractivity contribution in [2.75, 3.05) is 13.2 Å². The predicted octanol–water partition coefficient (Wildman–Crippen LogP) is 3.91. The van der Waals surface area contributed by atoms with Gasteiger partial charge >= 0.3 is 0 Å². The van der Waals surface area contributed by atoms with Crippen molar-refractivity contribution in [1.82, 2.24) is 15.3 Å². The lowest BCUT2D eigenvalue weighted by atomic mass is 10.2. The molecule has 0 amide bonds. The van der Waals surface area contributed by atoms with E-state index in [9.17, 15) is 0 Å². The molecule has 0 aliphatic heterocycles. The van der Waals surface area contributed by atoms with E-state index in [4.69, 9.17) is 4.74 Å². The fourth-order valence-corrected chi connectivity index (χ4v) is 1.96. The van der Waals surface area contributed by atoms with Crippen LogP contribution in [0.2, 0.25) is 0 Å². The lowest BCUT2D eigenvalue weighted by Gasteiger charge is -2.14. The number of unbranched alkanes of at least 4 members (excludes halogenated alkanes) is 2. The number of ether oxygens (including phenoxy) is 1. The summed E-state index contributed by atoms with van der Waals surface area (Å²) in [5.74, 6) is 2.68. The molecule has 21 heavy (non-hydrogen) atoms. The fourth-order valence-electron chi connectivity index (χ4n) is 1.96. The molecule has 0 saturated heterocycles. The summed E-state index contributed by atoms with van der Waals surface area (Å²) in [5, 5.41) is 3.44. The molecule has 1 aromatic heterocycles. The van der Waals surface area contributed by atoms with Gasteiger partial charge in [-0.1, -0.05) is 47.5 Å². The van der Waals surface area contributed by atoms with Crippen LogP contribution in [0.15, 0.2) is 6.20 Å². The van der Waals surface area contributed by atoms with Crippen molar-refractivity contribution < 1.29 is 4.74 Å². The van der Waals surface area contributed by atoms with E-state index in [0.717, 1.165) is 43.4 Å². The van der Waals surface area contributed by atoms with Crippen LogP contribution in [0.5, 0.6) is 5.75 Å². The summed E-state index contributed by atoms with van der Waals surface area (Å²) >= 11 is 0. The maximum Gasteiger partial charge on any atom is 0.160 e. The van der Waals surface area contributed by atoms with Gasteiger partial charge in [-0.25, -0.2) is 9.97 Å². The quantitative estimate of drug-likeness (QED) is 0.664. The Bertz CT molecular complexity index is 405. The summed E-state index contributed by atoms with van der Waals surface area (Å²) < 4.78 is 5.87. The van der Waals surface area contributed by atoms with Crippen LogP contribution in [0.1, 0.15) is 71.3 Å². The molecule has 1 rings (SSSR count). The van der Waals surface area contributed by atoms with Gasteiger partial charge in [0, 0.05) is 12.5 Å². The van der Waals surface area contributed by atoms with Crippen molar-refractivity contribution >= 4 is 0 Å². The standard InChI is InChI=1S/C17H31N3O/c1-6-7-8-9-21-16-12-19-17(14(4)5)20-15(16)11-18-10-13(2)3/h12-14,18H,6-11H2,1-5H3. The van der Waals surface area contributed by atoms with Crippen LogP contribution in [-0.2, 0) is 6.54 Å². The predicted molar refractivity (Wildman–Crippen MR) is 87.7 cm³/mol. The Hall–Kier alpha value is -1.16. The highest BCUT2D eigenvalue weighted by atomic mass is 16.5. The molecule has 4 nitrogen and oxygen atoms in total. The monoisotopic (exact) mass is 293 g/mol. The Labute approximate surface area is 129 Å². The average molecular weight is 293 g/mol. The second kappa shape index (κ2) is 9.72. The summed E-state index contributed by atoms with van der Waals surface area (Å²) in [6.07, 6.45) is 5.32. The molecule has 1 aromatic rings. The third-order valence-corrected chi connectivity index (χ3v) is 3.21. The second-order valence-electron chi connectivity index (χ2n) is 6.27. The van der Waals surface area contributed by atoms with E-state index in [-0.39, 0.29) is 0 Å². The van der Waals surface area contributed by atoms with Crippen molar-refractivity contribution in [3.8, 4) is 5.75 Å². The minimum absolute atomic E-state index is 0.336. The first kappa shape index (κ1) is 17.9. The number of nitrogens with zero attached hydrogens (tertiary/aromatic N) is 2. The van der Waals surface area contributed by atoms with Crippen molar-refractivity contribution in [3.05, 3.63) is 17.7 Å². The van der Waals surface area contributed by atoms with Gasteiger partial charge in [0.2, 0.25) is 0 Å². The van der Waals surface area contributed by atoms with Crippen molar-refractivity contribution in [2.24, 2.45) is 5.92 Å². The molecule has 0 aliphatic rings. The van der Waals surface area contributed by atoms with Crippen molar-refractivity contribution in [2.45, 2.75) is 66.3 Å². The maximum atomic E-state index is 5.87. The SMILES string of the molecule is CCCCCOc1cnc(C(C)C)nc1CNCC(C)C. The van der Waals surface area contributed by atoms with E-state index in [2.05, 4.69) is 49.9 Å². The highest BCUT2D eigenvalue weighted by Gasteiger charge is 2.11. The largest absolute Gasteiger partial charge is 0.490 e. The van der Waals surface area contributed by atoms with E-state index >= 15 is 0 Å². The van der Waals surface area contributed by atoms with Gasteiger partial charge in [-0.3, -0.25) is 0 Å².